The molecule has 0 aromatic carbocycles. The number of hydrogen-bond donors (Lipinski definition) is 2. The Morgan fingerprint density at radius 2 is 1.46 bits per heavy atom. The van der Waals surface area contributed by atoms with E-state index in [1.54, 1.807) is 7.05 Å². The van der Waals surface area contributed by atoms with Crippen LogP contribution in [0.5, 0.6) is 0 Å². The summed E-state index contributed by atoms with van der Waals surface area (Å²) in [5.41, 5.74) is 0.576. The van der Waals surface area contributed by atoms with E-state index in [2.05, 4.69) is 0 Å². The standard InChI is InChI=1S/C19H29N3O2/c1-20-17(23)9-16(18(20)24)21-2-4-22(5-3-21)19-10-13-6-14(11-19)8-15(7-13)12-19/h13-16H,2-12H2,1H3/p+2/t13?,14?,15?,16-,19?/m1/s1. The molecule has 5 heteroatoms. The lowest BCUT2D eigenvalue weighted by Crippen LogP contribution is -3.33. The predicted molar refractivity (Wildman–Crippen MR) is 88.5 cm³/mol. The number of piperazine rings is 1. The summed E-state index contributed by atoms with van der Waals surface area (Å²) in [4.78, 5) is 28.7. The summed E-state index contributed by atoms with van der Waals surface area (Å²) >= 11 is 0. The van der Waals surface area contributed by atoms with E-state index in [-0.39, 0.29) is 17.9 Å². The second kappa shape index (κ2) is 5.28. The molecular weight excluding hydrogens is 302 g/mol. The number of quaternary nitrogens is 2. The molecule has 4 saturated carbocycles. The Balaban J connectivity index is 1.26. The highest BCUT2D eigenvalue weighted by Crippen LogP contribution is 2.54. The van der Waals surface area contributed by atoms with Crippen molar-refractivity contribution in [3.63, 3.8) is 0 Å². The third kappa shape index (κ3) is 2.20. The van der Waals surface area contributed by atoms with Crippen LogP contribution in [0.4, 0.5) is 0 Å². The third-order valence-corrected chi connectivity index (χ3v) is 8.16. The van der Waals surface area contributed by atoms with Crippen LogP contribution in [0.15, 0.2) is 0 Å². The molecule has 2 amide bonds. The second-order valence-corrected chi connectivity index (χ2v) is 9.51. The van der Waals surface area contributed by atoms with E-state index >= 15 is 0 Å². The molecule has 24 heavy (non-hydrogen) atoms. The van der Waals surface area contributed by atoms with E-state index < -0.39 is 0 Å². The first-order chi connectivity index (χ1) is 11.5. The Kier molecular flexibility index (Phi) is 3.37. The number of nitrogens with one attached hydrogen (secondary N) is 2. The van der Waals surface area contributed by atoms with Crippen LogP contribution >= 0.6 is 0 Å². The summed E-state index contributed by atoms with van der Waals surface area (Å²) in [6.07, 6.45) is 9.35. The van der Waals surface area contributed by atoms with E-state index in [4.69, 9.17) is 0 Å². The topological polar surface area (TPSA) is 46.3 Å². The molecule has 2 saturated heterocycles. The number of imide groups is 1. The molecule has 0 spiro atoms. The quantitative estimate of drug-likeness (QED) is 0.604. The number of likely N-dealkylation sites (tertiary alicyclic amines) is 1. The molecule has 0 radical (unpaired) electrons. The fourth-order valence-electron chi connectivity index (χ4n) is 7.37. The summed E-state index contributed by atoms with van der Waals surface area (Å²) in [6.45, 7) is 4.52. The van der Waals surface area contributed by atoms with E-state index in [1.807, 2.05) is 4.90 Å². The van der Waals surface area contributed by atoms with Crippen molar-refractivity contribution in [2.75, 3.05) is 33.2 Å². The number of hydrogen-bond acceptors (Lipinski definition) is 2. The maximum absolute atomic E-state index is 12.3. The zero-order valence-electron chi connectivity index (χ0n) is 14.9. The minimum Gasteiger partial charge on any atom is -0.321 e. The van der Waals surface area contributed by atoms with Gasteiger partial charge in [-0.3, -0.25) is 14.5 Å². The van der Waals surface area contributed by atoms with E-state index in [0.717, 1.165) is 30.8 Å². The maximum atomic E-state index is 12.3. The van der Waals surface area contributed by atoms with Crippen molar-refractivity contribution in [2.24, 2.45) is 17.8 Å². The molecule has 2 heterocycles. The molecule has 132 valence electrons. The minimum absolute atomic E-state index is 0.00774. The molecule has 0 aromatic rings. The first-order valence-electron chi connectivity index (χ1n) is 10.0. The summed E-state index contributed by atoms with van der Waals surface area (Å²) in [5.74, 6) is 3.09. The Morgan fingerprint density at radius 3 is 1.92 bits per heavy atom. The van der Waals surface area contributed by atoms with Gasteiger partial charge in [0.2, 0.25) is 5.91 Å². The monoisotopic (exact) mass is 333 g/mol. The molecule has 2 aliphatic heterocycles. The highest BCUT2D eigenvalue weighted by atomic mass is 16.2. The largest absolute Gasteiger partial charge is 0.321 e. The Labute approximate surface area is 144 Å². The van der Waals surface area contributed by atoms with Crippen molar-refractivity contribution < 1.29 is 19.4 Å². The third-order valence-electron chi connectivity index (χ3n) is 8.16. The van der Waals surface area contributed by atoms with Crippen molar-refractivity contribution in [1.82, 2.24) is 4.90 Å². The van der Waals surface area contributed by atoms with Crippen molar-refractivity contribution in [1.29, 1.82) is 0 Å². The molecule has 5 nitrogen and oxygen atoms in total. The molecule has 4 bridgehead atoms. The fourth-order valence-corrected chi connectivity index (χ4v) is 7.37. The zero-order valence-corrected chi connectivity index (χ0v) is 14.9. The van der Waals surface area contributed by atoms with Crippen LogP contribution in [0.1, 0.15) is 44.9 Å². The summed E-state index contributed by atoms with van der Waals surface area (Å²) in [6, 6.07) is -0.0968. The Hall–Kier alpha value is -0.940. The second-order valence-electron chi connectivity index (χ2n) is 9.51. The van der Waals surface area contributed by atoms with Gasteiger partial charge in [0.15, 0.2) is 6.04 Å². The highest BCUT2D eigenvalue weighted by molar-refractivity contribution is 6.04. The van der Waals surface area contributed by atoms with Crippen LogP contribution in [0.3, 0.4) is 0 Å². The van der Waals surface area contributed by atoms with Gasteiger partial charge in [-0.1, -0.05) is 0 Å². The van der Waals surface area contributed by atoms with E-state index in [1.165, 1.54) is 61.4 Å². The lowest BCUT2D eigenvalue weighted by molar-refractivity contribution is -1.05. The lowest BCUT2D eigenvalue weighted by atomic mass is 9.52. The molecule has 6 fully saturated rings. The normalized spacial score (nSPS) is 50.8. The van der Waals surface area contributed by atoms with Crippen LogP contribution in [0.25, 0.3) is 0 Å². The van der Waals surface area contributed by atoms with Gasteiger partial charge in [-0.15, -0.1) is 0 Å². The fraction of sp³-hybridized carbons (Fsp3) is 0.895. The van der Waals surface area contributed by atoms with Gasteiger partial charge in [-0.2, -0.15) is 0 Å². The number of carbonyl (C=O) groups excluding carboxylic acids is 2. The molecular formula is C19H31N3O2+2. The lowest BCUT2D eigenvalue weighted by Gasteiger charge is -2.58. The first-order valence-corrected chi connectivity index (χ1v) is 10.0. The van der Waals surface area contributed by atoms with Crippen LogP contribution in [0, 0.1) is 17.8 Å². The van der Waals surface area contributed by atoms with Crippen LogP contribution in [-0.2, 0) is 9.59 Å². The number of rotatable bonds is 2. The van der Waals surface area contributed by atoms with Crippen molar-refractivity contribution in [3.05, 3.63) is 0 Å². The highest BCUT2D eigenvalue weighted by Gasteiger charge is 2.57. The SMILES string of the molecule is CN1C(=O)C[C@@H]([NH+]2CC[NH+](C34CC5CC(CC(C5)C3)C4)CC2)C1=O. The zero-order chi connectivity index (χ0) is 16.5. The summed E-state index contributed by atoms with van der Waals surface area (Å²) in [5, 5.41) is 0. The van der Waals surface area contributed by atoms with Gasteiger partial charge in [-0.25, -0.2) is 0 Å². The molecule has 0 aromatic heterocycles. The molecule has 6 aliphatic rings. The van der Waals surface area contributed by atoms with Crippen LogP contribution in [0.2, 0.25) is 0 Å². The van der Waals surface area contributed by atoms with Crippen LogP contribution < -0.4 is 9.80 Å². The molecule has 0 unspecified atom stereocenters. The van der Waals surface area contributed by atoms with Crippen molar-refractivity contribution >= 4 is 11.8 Å². The maximum Gasteiger partial charge on any atom is 0.287 e. The molecule has 4 aliphatic carbocycles. The van der Waals surface area contributed by atoms with Crippen molar-refractivity contribution in [3.8, 4) is 0 Å². The van der Waals surface area contributed by atoms with Gasteiger partial charge in [0.25, 0.3) is 5.91 Å². The van der Waals surface area contributed by atoms with Crippen molar-refractivity contribution in [2.45, 2.75) is 56.5 Å². The van der Waals surface area contributed by atoms with Gasteiger partial charge >= 0.3 is 0 Å². The van der Waals surface area contributed by atoms with Crippen LogP contribution in [-0.4, -0.2) is 61.5 Å². The smallest absolute Gasteiger partial charge is 0.287 e. The number of nitrogens with zero attached hydrogens (tertiary/aromatic N) is 1. The Morgan fingerprint density at radius 1 is 0.917 bits per heavy atom. The minimum atomic E-state index is -0.0968. The molecule has 6 rings (SSSR count). The summed E-state index contributed by atoms with van der Waals surface area (Å²) in [7, 11) is 1.64. The van der Waals surface area contributed by atoms with Gasteiger partial charge in [0, 0.05) is 26.3 Å². The van der Waals surface area contributed by atoms with E-state index in [0.29, 0.717) is 12.0 Å². The summed E-state index contributed by atoms with van der Waals surface area (Å²) < 4.78 is 0. The molecule has 1 atom stereocenters. The number of amides is 2. The first kappa shape index (κ1) is 15.3. The number of carbonyl (C=O) groups is 2. The predicted octanol–water partition coefficient (Wildman–Crippen LogP) is -1.50. The van der Waals surface area contributed by atoms with E-state index in [9.17, 15) is 9.59 Å². The Bertz CT molecular complexity index is 532. The van der Waals surface area contributed by atoms with Gasteiger partial charge in [0.1, 0.15) is 26.2 Å². The average molecular weight is 333 g/mol. The number of likely N-dealkylation sites (N-methyl/N-ethyl adjacent to an activating group) is 1. The average Bonchev–Trinajstić information content (AvgIpc) is 2.81. The molecule has 2 N–H and O–H groups in total. The van der Waals surface area contributed by atoms with Gasteiger partial charge < -0.3 is 9.80 Å². The van der Waals surface area contributed by atoms with Gasteiger partial charge in [-0.05, 0) is 37.0 Å². The van der Waals surface area contributed by atoms with Gasteiger partial charge in [0.05, 0.1) is 12.0 Å².